The molecule has 6 nitrogen and oxygen atoms in total. The summed E-state index contributed by atoms with van der Waals surface area (Å²) < 4.78 is 5.57. The maximum Gasteiger partial charge on any atom is 0.318 e. The minimum atomic E-state index is -0.832. The van der Waals surface area contributed by atoms with E-state index in [1.807, 2.05) is 12.2 Å². The average Bonchev–Trinajstić information content (AvgIpc) is 2.61. The molecule has 1 aliphatic rings. The third-order valence-corrected chi connectivity index (χ3v) is 2.72. The summed E-state index contributed by atoms with van der Waals surface area (Å²) in [7, 11) is 0. The van der Waals surface area contributed by atoms with Crippen molar-refractivity contribution in [1.82, 2.24) is 10.6 Å². The quantitative estimate of drug-likeness (QED) is 0.618. The van der Waals surface area contributed by atoms with Gasteiger partial charge in [-0.05, 0) is 26.7 Å². The van der Waals surface area contributed by atoms with Crippen LogP contribution >= 0.6 is 0 Å². The van der Waals surface area contributed by atoms with Gasteiger partial charge in [-0.2, -0.15) is 0 Å². The highest BCUT2D eigenvalue weighted by molar-refractivity contribution is 5.96. The lowest BCUT2D eigenvalue weighted by Crippen LogP contribution is -2.50. The molecule has 0 aliphatic carbocycles. The summed E-state index contributed by atoms with van der Waals surface area (Å²) >= 11 is 0. The van der Waals surface area contributed by atoms with Crippen LogP contribution < -0.4 is 16.4 Å². The molecule has 1 heterocycles. The van der Waals surface area contributed by atoms with Gasteiger partial charge in [0.2, 0.25) is 5.91 Å². The van der Waals surface area contributed by atoms with Crippen molar-refractivity contribution in [1.29, 1.82) is 0 Å². The number of rotatable bonds is 4. The van der Waals surface area contributed by atoms with Gasteiger partial charge in [0.25, 0.3) is 0 Å². The Morgan fingerprint density at radius 3 is 2.75 bits per heavy atom. The van der Waals surface area contributed by atoms with E-state index in [1.165, 1.54) is 0 Å². The lowest BCUT2D eigenvalue weighted by Gasteiger charge is -2.25. The van der Waals surface area contributed by atoms with Gasteiger partial charge in [0.1, 0.15) is 0 Å². The van der Waals surface area contributed by atoms with E-state index in [0.717, 1.165) is 19.4 Å². The van der Waals surface area contributed by atoms with Crippen molar-refractivity contribution < 1.29 is 14.3 Å². The van der Waals surface area contributed by atoms with Crippen LogP contribution in [0.2, 0.25) is 0 Å². The molecule has 16 heavy (non-hydrogen) atoms. The maximum atomic E-state index is 11.3. The molecule has 1 fully saturated rings. The number of hydrogen-bond acceptors (Lipinski definition) is 4. The van der Waals surface area contributed by atoms with Gasteiger partial charge in [0, 0.05) is 13.2 Å². The van der Waals surface area contributed by atoms with Gasteiger partial charge in [-0.15, -0.1) is 0 Å². The van der Waals surface area contributed by atoms with Crippen LogP contribution in [-0.2, 0) is 9.53 Å². The predicted octanol–water partition coefficient (Wildman–Crippen LogP) is -0.271. The number of carbonyl (C=O) groups excluding carboxylic acids is 2. The van der Waals surface area contributed by atoms with E-state index < -0.39 is 18.0 Å². The summed E-state index contributed by atoms with van der Waals surface area (Å²) in [5.74, 6) is -0.422. The Bertz CT molecular complexity index is 274. The predicted molar refractivity (Wildman–Crippen MR) is 58.8 cm³/mol. The Morgan fingerprint density at radius 1 is 1.56 bits per heavy atom. The molecule has 1 saturated heterocycles. The standard InChI is InChI=1S/C10H19N3O3/c1-7(8(14)13-9(11)15)12-6-10(2)4-3-5-16-10/h7,12H,3-6H2,1-2H3,(H3,11,13,14,15). The Kier molecular flexibility index (Phi) is 4.26. The highest BCUT2D eigenvalue weighted by Gasteiger charge is 2.30. The molecule has 1 rings (SSSR count). The number of nitrogens with one attached hydrogen (secondary N) is 2. The van der Waals surface area contributed by atoms with Gasteiger partial charge in [-0.3, -0.25) is 10.1 Å². The highest BCUT2D eigenvalue weighted by atomic mass is 16.5. The van der Waals surface area contributed by atoms with E-state index in [0.29, 0.717) is 6.54 Å². The number of urea groups is 1. The fraction of sp³-hybridized carbons (Fsp3) is 0.800. The zero-order chi connectivity index (χ0) is 12.2. The van der Waals surface area contributed by atoms with E-state index in [1.54, 1.807) is 6.92 Å². The molecule has 2 unspecified atom stereocenters. The second-order valence-corrected chi connectivity index (χ2v) is 4.36. The van der Waals surface area contributed by atoms with Crippen molar-refractivity contribution in [3.63, 3.8) is 0 Å². The molecule has 92 valence electrons. The summed E-state index contributed by atoms with van der Waals surface area (Å²) in [4.78, 5) is 21.8. The first-order chi connectivity index (χ1) is 7.43. The SMILES string of the molecule is CC(NCC1(C)CCCO1)C(=O)NC(N)=O. The van der Waals surface area contributed by atoms with Crippen LogP contribution in [0.15, 0.2) is 0 Å². The van der Waals surface area contributed by atoms with E-state index in [2.05, 4.69) is 5.32 Å². The second-order valence-electron chi connectivity index (χ2n) is 4.36. The molecule has 4 N–H and O–H groups in total. The van der Waals surface area contributed by atoms with Gasteiger partial charge in [0.05, 0.1) is 11.6 Å². The molecule has 2 atom stereocenters. The molecule has 0 saturated carbocycles. The Hall–Kier alpha value is -1.14. The molecular formula is C10H19N3O3. The highest BCUT2D eigenvalue weighted by Crippen LogP contribution is 2.23. The van der Waals surface area contributed by atoms with Gasteiger partial charge in [0.15, 0.2) is 0 Å². The lowest BCUT2D eigenvalue weighted by molar-refractivity contribution is -0.121. The zero-order valence-corrected chi connectivity index (χ0v) is 9.71. The Morgan fingerprint density at radius 2 is 2.25 bits per heavy atom. The third kappa shape index (κ3) is 3.79. The first kappa shape index (κ1) is 12.9. The molecular weight excluding hydrogens is 210 g/mol. The largest absolute Gasteiger partial charge is 0.374 e. The maximum absolute atomic E-state index is 11.3. The lowest BCUT2D eigenvalue weighted by atomic mass is 10.0. The summed E-state index contributed by atoms with van der Waals surface area (Å²) in [5, 5.41) is 5.05. The number of imide groups is 1. The summed E-state index contributed by atoms with van der Waals surface area (Å²) in [5.41, 5.74) is 4.65. The smallest absolute Gasteiger partial charge is 0.318 e. The van der Waals surface area contributed by atoms with Crippen molar-refractivity contribution in [2.45, 2.75) is 38.3 Å². The van der Waals surface area contributed by atoms with E-state index in [9.17, 15) is 9.59 Å². The van der Waals surface area contributed by atoms with Crippen molar-refractivity contribution in [3.8, 4) is 0 Å². The molecule has 0 aromatic carbocycles. The Balaban J connectivity index is 2.31. The minimum Gasteiger partial charge on any atom is -0.374 e. The van der Waals surface area contributed by atoms with Crippen molar-refractivity contribution >= 4 is 11.9 Å². The van der Waals surface area contributed by atoms with Gasteiger partial charge in [-0.25, -0.2) is 4.79 Å². The van der Waals surface area contributed by atoms with Crippen molar-refractivity contribution in [3.05, 3.63) is 0 Å². The summed E-state index contributed by atoms with van der Waals surface area (Å²) in [6.07, 6.45) is 2.02. The van der Waals surface area contributed by atoms with Crippen LogP contribution in [0.5, 0.6) is 0 Å². The monoisotopic (exact) mass is 229 g/mol. The fourth-order valence-corrected chi connectivity index (χ4v) is 1.67. The average molecular weight is 229 g/mol. The fourth-order valence-electron chi connectivity index (χ4n) is 1.67. The molecule has 0 aromatic rings. The van der Waals surface area contributed by atoms with Crippen LogP contribution in [0.25, 0.3) is 0 Å². The number of primary amides is 1. The van der Waals surface area contributed by atoms with E-state index in [4.69, 9.17) is 10.5 Å². The van der Waals surface area contributed by atoms with Crippen LogP contribution in [0.4, 0.5) is 4.79 Å². The number of amides is 3. The molecule has 0 bridgehead atoms. The molecule has 0 radical (unpaired) electrons. The number of ether oxygens (including phenoxy) is 1. The third-order valence-electron chi connectivity index (χ3n) is 2.72. The molecule has 3 amide bonds. The van der Waals surface area contributed by atoms with Gasteiger partial charge < -0.3 is 15.8 Å². The first-order valence-corrected chi connectivity index (χ1v) is 5.41. The summed E-state index contributed by atoms with van der Waals surface area (Å²) in [6.45, 7) is 5.03. The normalized spacial score (nSPS) is 26.4. The van der Waals surface area contributed by atoms with E-state index in [-0.39, 0.29) is 5.60 Å². The molecule has 6 heteroatoms. The van der Waals surface area contributed by atoms with Gasteiger partial charge in [-0.1, -0.05) is 0 Å². The van der Waals surface area contributed by atoms with Crippen molar-refractivity contribution in [2.75, 3.05) is 13.2 Å². The summed E-state index contributed by atoms with van der Waals surface area (Å²) in [6, 6.07) is -1.30. The number of hydrogen-bond donors (Lipinski definition) is 3. The first-order valence-electron chi connectivity index (χ1n) is 5.41. The van der Waals surface area contributed by atoms with Crippen LogP contribution in [0.3, 0.4) is 0 Å². The number of nitrogens with two attached hydrogens (primary N) is 1. The second kappa shape index (κ2) is 5.27. The minimum absolute atomic E-state index is 0.207. The van der Waals surface area contributed by atoms with E-state index >= 15 is 0 Å². The Labute approximate surface area is 94.9 Å². The molecule has 0 aromatic heterocycles. The van der Waals surface area contributed by atoms with Crippen molar-refractivity contribution in [2.24, 2.45) is 5.73 Å². The molecule has 1 aliphatic heterocycles. The van der Waals surface area contributed by atoms with Crippen LogP contribution in [0.1, 0.15) is 26.7 Å². The zero-order valence-electron chi connectivity index (χ0n) is 9.71. The van der Waals surface area contributed by atoms with Gasteiger partial charge >= 0.3 is 6.03 Å². The van der Waals surface area contributed by atoms with Crippen LogP contribution in [-0.4, -0.2) is 36.7 Å². The van der Waals surface area contributed by atoms with Crippen LogP contribution in [0, 0.1) is 0 Å². The topological polar surface area (TPSA) is 93.4 Å². The molecule has 0 spiro atoms. The number of carbonyl (C=O) groups is 2.